The lowest BCUT2D eigenvalue weighted by Crippen LogP contribution is -2.55. The molecule has 1 atom stereocenters. The molecule has 2 heteroatoms. The molecule has 0 radical (unpaired) electrons. The van der Waals surface area contributed by atoms with Crippen LogP contribution in [0.15, 0.2) is 78.9 Å². The highest BCUT2D eigenvalue weighted by Gasteiger charge is 2.41. The summed E-state index contributed by atoms with van der Waals surface area (Å²) < 4.78 is 5.48. The van der Waals surface area contributed by atoms with Gasteiger partial charge in [0.15, 0.2) is 0 Å². The summed E-state index contributed by atoms with van der Waals surface area (Å²) in [5.41, 5.74) is 6.28. The Kier molecular flexibility index (Phi) is 6.83. The number of fused-ring (bicyclic) bond motifs is 1. The smallest absolute Gasteiger partial charge is 0.119 e. The van der Waals surface area contributed by atoms with Gasteiger partial charge in [-0.15, -0.1) is 0 Å². The molecule has 1 fully saturated rings. The fourth-order valence-electron chi connectivity index (χ4n) is 6.31. The minimum Gasteiger partial charge on any atom is -0.497 e. The number of likely N-dealkylation sites (tertiary alicyclic amines) is 1. The zero-order valence-corrected chi connectivity index (χ0v) is 20.0. The van der Waals surface area contributed by atoms with Gasteiger partial charge in [0.25, 0.3) is 0 Å². The van der Waals surface area contributed by atoms with Crippen molar-refractivity contribution in [1.29, 1.82) is 0 Å². The largest absolute Gasteiger partial charge is 0.497 e. The molecule has 1 heterocycles. The van der Waals surface area contributed by atoms with Crippen molar-refractivity contribution in [3.63, 3.8) is 0 Å². The van der Waals surface area contributed by atoms with Gasteiger partial charge in [0, 0.05) is 11.5 Å². The Balaban J connectivity index is 1.29. The summed E-state index contributed by atoms with van der Waals surface area (Å²) in [4.78, 5) is 2.87. The van der Waals surface area contributed by atoms with Crippen LogP contribution in [0.5, 0.6) is 5.75 Å². The number of hydrogen-bond acceptors (Lipinski definition) is 2. The molecule has 1 aliphatic heterocycles. The van der Waals surface area contributed by atoms with Crippen molar-refractivity contribution in [2.45, 2.75) is 62.8 Å². The van der Waals surface area contributed by atoms with Crippen molar-refractivity contribution in [3.05, 3.63) is 101 Å². The monoisotopic (exact) mass is 439 g/mol. The quantitative estimate of drug-likeness (QED) is 0.392. The number of aryl methyl sites for hydroxylation is 1. The lowest BCUT2D eigenvalue weighted by Gasteiger charge is -2.50. The second-order valence-corrected chi connectivity index (χ2v) is 10.00. The Morgan fingerprint density at radius 1 is 0.848 bits per heavy atom. The van der Waals surface area contributed by atoms with Crippen molar-refractivity contribution in [3.8, 4) is 5.75 Å². The molecule has 172 valence electrons. The standard InChI is InChI=1S/C31H37NO/c1-33-29-17-16-28-24-31(20-18-27(28)23-29)19-8-9-21-32(31)22-10-15-30(25-11-4-2-5-12-25)26-13-6-3-7-14-26/h2-7,11-14,16-17,23,30H,8-10,15,18-22,24H2,1H3. The van der Waals surface area contributed by atoms with Crippen molar-refractivity contribution in [2.24, 2.45) is 0 Å². The average Bonchev–Trinajstić information content (AvgIpc) is 2.88. The molecule has 0 saturated carbocycles. The first-order valence-electron chi connectivity index (χ1n) is 12.8. The summed E-state index contributed by atoms with van der Waals surface area (Å²) in [6.45, 7) is 2.47. The van der Waals surface area contributed by atoms with E-state index in [-0.39, 0.29) is 0 Å². The molecule has 1 saturated heterocycles. The maximum absolute atomic E-state index is 5.48. The van der Waals surface area contributed by atoms with Crippen molar-refractivity contribution < 1.29 is 4.74 Å². The molecule has 5 rings (SSSR count). The molecular weight excluding hydrogens is 402 g/mol. The third kappa shape index (κ3) is 4.87. The second-order valence-electron chi connectivity index (χ2n) is 10.00. The van der Waals surface area contributed by atoms with Crippen LogP contribution < -0.4 is 4.74 Å². The third-order valence-corrected chi connectivity index (χ3v) is 8.11. The molecule has 2 aliphatic rings. The van der Waals surface area contributed by atoms with E-state index in [1.807, 2.05) is 0 Å². The fourth-order valence-corrected chi connectivity index (χ4v) is 6.31. The normalized spacial score (nSPS) is 20.7. The van der Waals surface area contributed by atoms with E-state index in [4.69, 9.17) is 4.74 Å². The van der Waals surface area contributed by atoms with E-state index in [0.717, 1.165) is 5.75 Å². The number of methoxy groups -OCH3 is 1. The number of rotatable bonds is 7. The van der Waals surface area contributed by atoms with Crippen molar-refractivity contribution in [2.75, 3.05) is 20.2 Å². The van der Waals surface area contributed by atoms with Crippen LogP contribution in [0, 0.1) is 0 Å². The van der Waals surface area contributed by atoms with E-state index in [9.17, 15) is 0 Å². The maximum Gasteiger partial charge on any atom is 0.119 e. The number of ether oxygens (including phenoxy) is 1. The first kappa shape index (κ1) is 22.2. The predicted octanol–water partition coefficient (Wildman–Crippen LogP) is 7.02. The van der Waals surface area contributed by atoms with Gasteiger partial charge in [0.2, 0.25) is 0 Å². The number of hydrogen-bond donors (Lipinski definition) is 0. The van der Waals surface area contributed by atoms with Gasteiger partial charge < -0.3 is 4.74 Å². The molecule has 33 heavy (non-hydrogen) atoms. The summed E-state index contributed by atoms with van der Waals surface area (Å²) in [5.74, 6) is 1.48. The average molecular weight is 440 g/mol. The number of nitrogens with zero attached hydrogens (tertiary/aromatic N) is 1. The van der Waals surface area contributed by atoms with Crippen LogP contribution in [-0.4, -0.2) is 30.6 Å². The van der Waals surface area contributed by atoms with Crippen LogP contribution in [0.2, 0.25) is 0 Å². The Labute approximate surface area is 199 Å². The van der Waals surface area contributed by atoms with E-state index >= 15 is 0 Å². The van der Waals surface area contributed by atoms with Gasteiger partial charge in [-0.05, 0) is 92.4 Å². The lowest BCUT2D eigenvalue weighted by molar-refractivity contribution is 0.0323. The van der Waals surface area contributed by atoms with Crippen molar-refractivity contribution >= 4 is 0 Å². The van der Waals surface area contributed by atoms with Gasteiger partial charge in [0.1, 0.15) is 5.75 Å². The number of benzene rings is 3. The topological polar surface area (TPSA) is 12.5 Å². The van der Waals surface area contributed by atoms with Gasteiger partial charge >= 0.3 is 0 Å². The molecule has 1 spiro atoms. The molecule has 1 aliphatic carbocycles. The molecule has 3 aromatic rings. The zero-order chi connectivity index (χ0) is 22.5. The Hall–Kier alpha value is -2.58. The minimum absolute atomic E-state index is 0.356. The Morgan fingerprint density at radius 3 is 2.27 bits per heavy atom. The van der Waals surface area contributed by atoms with E-state index in [0.29, 0.717) is 11.5 Å². The van der Waals surface area contributed by atoms with Gasteiger partial charge in [-0.25, -0.2) is 0 Å². The van der Waals surface area contributed by atoms with Crippen LogP contribution in [0.25, 0.3) is 0 Å². The van der Waals surface area contributed by atoms with Gasteiger partial charge in [-0.2, -0.15) is 0 Å². The summed E-state index contributed by atoms with van der Waals surface area (Å²) in [6.07, 6.45) is 10.2. The van der Waals surface area contributed by atoms with Crippen LogP contribution in [0.1, 0.15) is 66.7 Å². The highest BCUT2D eigenvalue weighted by molar-refractivity contribution is 5.39. The van der Waals surface area contributed by atoms with Gasteiger partial charge in [0.05, 0.1) is 7.11 Å². The second kappa shape index (κ2) is 10.1. The van der Waals surface area contributed by atoms with Crippen LogP contribution in [0.3, 0.4) is 0 Å². The predicted molar refractivity (Wildman–Crippen MR) is 137 cm³/mol. The van der Waals surface area contributed by atoms with E-state index in [1.165, 1.54) is 81.1 Å². The third-order valence-electron chi connectivity index (χ3n) is 8.11. The SMILES string of the molecule is COc1ccc2c(c1)CCC1(CCCCN1CCCC(c1ccccc1)c1ccccc1)C2. The zero-order valence-electron chi connectivity index (χ0n) is 20.0. The minimum atomic E-state index is 0.356. The first-order chi connectivity index (χ1) is 16.3. The van der Waals surface area contributed by atoms with Crippen molar-refractivity contribution in [1.82, 2.24) is 4.90 Å². The molecule has 0 N–H and O–H groups in total. The molecular formula is C31H37NO. The van der Waals surface area contributed by atoms with Crippen LogP contribution >= 0.6 is 0 Å². The van der Waals surface area contributed by atoms with E-state index < -0.39 is 0 Å². The van der Waals surface area contributed by atoms with E-state index in [1.54, 1.807) is 12.7 Å². The Bertz CT molecular complexity index is 992. The molecule has 0 bridgehead atoms. The summed E-state index contributed by atoms with van der Waals surface area (Å²) in [6, 6.07) is 28.9. The lowest BCUT2D eigenvalue weighted by atomic mass is 9.72. The molecule has 2 nitrogen and oxygen atoms in total. The number of piperidine rings is 1. The molecule has 1 unspecified atom stereocenters. The first-order valence-corrected chi connectivity index (χ1v) is 12.8. The van der Waals surface area contributed by atoms with Gasteiger partial charge in [-0.3, -0.25) is 4.90 Å². The summed E-state index contributed by atoms with van der Waals surface area (Å²) in [7, 11) is 1.77. The summed E-state index contributed by atoms with van der Waals surface area (Å²) >= 11 is 0. The highest BCUT2D eigenvalue weighted by Crippen LogP contribution is 2.41. The summed E-state index contributed by atoms with van der Waals surface area (Å²) in [5, 5.41) is 0. The highest BCUT2D eigenvalue weighted by atomic mass is 16.5. The Morgan fingerprint density at radius 2 is 1.58 bits per heavy atom. The fraction of sp³-hybridized carbons (Fsp3) is 0.419. The van der Waals surface area contributed by atoms with Gasteiger partial charge in [-0.1, -0.05) is 73.2 Å². The molecule has 0 amide bonds. The van der Waals surface area contributed by atoms with Crippen LogP contribution in [-0.2, 0) is 12.8 Å². The van der Waals surface area contributed by atoms with E-state index in [2.05, 4.69) is 83.8 Å². The molecule has 3 aromatic carbocycles. The maximum atomic E-state index is 5.48. The molecule has 0 aromatic heterocycles. The van der Waals surface area contributed by atoms with Crippen LogP contribution in [0.4, 0.5) is 0 Å².